The van der Waals surface area contributed by atoms with E-state index in [4.69, 9.17) is 16.4 Å². The SMILES string of the molecule is [CH2]C(=O)[C@@]12ON(c3ccc(Cl)cc3)C[C@@H]1C[C@H]1[C@@H]3C[C@H](F)C4=CC(=O)C=C[C@]4(C)[C@@]3(F)[C@@H](O)C[C@@]12C. The Morgan fingerprint density at radius 1 is 1.22 bits per heavy atom. The van der Waals surface area contributed by atoms with Gasteiger partial charge < -0.3 is 5.11 Å². The molecule has 0 amide bonds. The van der Waals surface area contributed by atoms with Gasteiger partial charge in [0, 0.05) is 34.6 Å². The molecule has 5 aliphatic rings. The van der Waals surface area contributed by atoms with Gasteiger partial charge in [-0.05, 0) is 74.1 Å². The summed E-state index contributed by atoms with van der Waals surface area (Å²) in [7, 11) is 0. The molecule has 1 radical (unpaired) electrons. The minimum Gasteiger partial charge on any atom is -0.390 e. The Labute approximate surface area is 214 Å². The van der Waals surface area contributed by atoms with Crippen molar-refractivity contribution in [2.75, 3.05) is 11.6 Å². The lowest BCUT2D eigenvalue weighted by Crippen LogP contribution is -2.70. The molecule has 3 saturated carbocycles. The van der Waals surface area contributed by atoms with Crippen molar-refractivity contribution in [3.8, 4) is 0 Å². The molecule has 4 aliphatic carbocycles. The molecule has 1 saturated heterocycles. The lowest BCUT2D eigenvalue weighted by atomic mass is 9.44. The molecule has 0 spiro atoms. The van der Waals surface area contributed by atoms with Crippen LogP contribution in [0.25, 0.3) is 0 Å². The molecule has 0 unspecified atom stereocenters. The minimum atomic E-state index is -2.19. The molecule has 1 heterocycles. The number of anilines is 1. The van der Waals surface area contributed by atoms with E-state index in [1.807, 2.05) is 6.92 Å². The zero-order valence-electron chi connectivity index (χ0n) is 20.2. The maximum absolute atomic E-state index is 17.3. The Hall–Kier alpha value is -2.09. The fourth-order valence-electron chi connectivity index (χ4n) is 8.51. The number of halogens is 3. The molecule has 1 N–H and O–H groups in total. The van der Waals surface area contributed by atoms with E-state index in [9.17, 15) is 14.7 Å². The van der Waals surface area contributed by atoms with Crippen LogP contribution >= 0.6 is 11.6 Å². The van der Waals surface area contributed by atoms with Crippen molar-refractivity contribution in [2.45, 2.75) is 56.7 Å². The third-order valence-electron chi connectivity index (χ3n) is 10.1. The summed E-state index contributed by atoms with van der Waals surface area (Å²) in [5.41, 5.74) is -5.18. The van der Waals surface area contributed by atoms with E-state index in [-0.39, 0.29) is 30.1 Å². The van der Waals surface area contributed by atoms with E-state index in [1.54, 1.807) is 36.3 Å². The van der Waals surface area contributed by atoms with Gasteiger partial charge in [0.05, 0.1) is 18.3 Å². The van der Waals surface area contributed by atoms with Crippen molar-refractivity contribution in [1.29, 1.82) is 0 Å². The van der Waals surface area contributed by atoms with Gasteiger partial charge in [0.1, 0.15) is 6.17 Å². The fraction of sp³-hybridized carbons (Fsp3) is 0.536. The highest BCUT2D eigenvalue weighted by molar-refractivity contribution is 6.30. The van der Waals surface area contributed by atoms with E-state index in [0.29, 0.717) is 18.0 Å². The number of benzene rings is 1. The number of hydrogen-bond acceptors (Lipinski definition) is 5. The third kappa shape index (κ3) is 2.72. The van der Waals surface area contributed by atoms with Crippen LogP contribution in [0.1, 0.15) is 33.1 Å². The van der Waals surface area contributed by atoms with E-state index < -0.39 is 52.0 Å². The Bertz CT molecular complexity index is 1220. The number of aliphatic hydroxyl groups is 1. The van der Waals surface area contributed by atoms with Gasteiger partial charge in [-0.2, -0.15) is 0 Å². The van der Waals surface area contributed by atoms with Crippen molar-refractivity contribution in [3.63, 3.8) is 0 Å². The second-order valence-electron chi connectivity index (χ2n) is 11.6. The molecule has 0 bridgehead atoms. The molecule has 1 aromatic carbocycles. The summed E-state index contributed by atoms with van der Waals surface area (Å²) in [6, 6.07) is 7.06. The van der Waals surface area contributed by atoms with E-state index >= 15 is 8.78 Å². The molecule has 6 rings (SSSR count). The van der Waals surface area contributed by atoms with Crippen LogP contribution in [0.4, 0.5) is 14.5 Å². The first-order chi connectivity index (χ1) is 16.9. The molecule has 5 nitrogen and oxygen atoms in total. The zero-order valence-corrected chi connectivity index (χ0v) is 21.0. The highest BCUT2D eigenvalue weighted by Gasteiger charge is 2.79. The summed E-state index contributed by atoms with van der Waals surface area (Å²) in [4.78, 5) is 31.7. The van der Waals surface area contributed by atoms with Crippen LogP contribution in [-0.2, 0) is 14.4 Å². The predicted molar refractivity (Wildman–Crippen MR) is 130 cm³/mol. The van der Waals surface area contributed by atoms with Crippen LogP contribution in [0.3, 0.4) is 0 Å². The molecule has 36 heavy (non-hydrogen) atoms. The Morgan fingerprint density at radius 2 is 1.92 bits per heavy atom. The lowest BCUT2D eigenvalue weighted by Gasteiger charge is -2.63. The number of hydroxylamine groups is 1. The van der Waals surface area contributed by atoms with Gasteiger partial charge in [0.15, 0.2) is 22.8 Å². The standard InChI is InChI=1S/C28H29ClF2NO4/c1-15(33)28-16(14-32(36-28)18-6-4-17(29)5-7-18)10-20-21-12-23(30)22-11-19(34)8-9-25(22,2)27(21,31)24(35)13-26(20,28)3/h4-9,11,16,20-21,23-24,35H,1,10,12-14H2,2-3H3/t16-,20-,21-,23-,24-,25-,26-,27-,28+/m0/s1. The van der Waals surface area contributed by atoms with Gasteiger partial charge in [-0.15, -0.1) is 0 Å². The summed E-state index contributed by atoms with van der Waals surface area (Å²) in [6.07, 6.45) is 1.08. The first-order valence-corrected chi connectivity index (χ1v) is 12.8. The summed E-state index contributed by atoms with van der Waals surface area (Å²) < 4.78 is 33.0. The number of nitrogens with zero attached hydrogens (tertiary/aromatic N) is 1. The number of allylic oxidation sites excluding steroid dienone is 4. The second kappa shape index (κ2) is 7.49. The van der Waals surface area contributed by atoms with Gasteiger partial charge in [-0.1, -0.05) is 24.6 Å². The predicted octanol–water partition coefficient (Wildman–Crippen LogP) is 4.78. The number of ketones is 2. The van der Waals surface area contributed by atoms with Crippen molar-refractivity contribution in [2.24, 2.45) is 28.6 Å². The number of rotatable bonds is 2. The van der Waals surface area contributed by atoms with Gasteiger partial charge in [-0.25, -0.2) is 8.78 Å². The number of fused-ring (bicyclic) bond motifs is 7. The average Bonchev–Trinajstić information content (AvgIpc) is 3.32. The van der Waals surface area contributed by atoms with E-state index in [0.717, 1.165) is 5.69 Å². The number of Topliss-reactive ketones (excluding diaryl/α,β-unsaturated/α-hetero) is 1. The van der Waals surface area contributed by atoms with Crippen LogP contribution in [0.2, 0.25) is 5.02 Å². The summed E-state index contributed by atoms with van der Waals surface area (Å²) >= 11 is 6.03. The molecule has 0 aromatic heterocycles. The number of carbonyl (C=O) groups excluding carboxylic acids is 2. The summed E-state index contributed by atoms with van der Waals surface area (Å²) in [5.74, 6) is -2.40. The second-order valence-corrected chi connectivity index (χ2v) is 12.0. The minimum absolute atomic E-state index is 0.0432. The maximum Gasteiger partial charge on any atom is 0.178 e. The molecular formula is C28H29ClF2NO4. The normalized spacial score (nSPS) is 47.1. The molecular weight excluding hydrogens is 488 g/mol. The lowest BCUT2D eigenvalue weighted by molar-refractivity contribution is -0.226. The van der Waals surface area contributed by atoms with Crippen molar-refractivity contribution in [3.05, 3.63) is 60.0 Å². The molecule has 8 heteroatoms. The van der Waals surface area contributed by atoms with E-state index in [2.05, 4.69) is 6.92 Å². The largest absolute Gasteiger partial charge is 0.390 e. The van der Waals surface area contributed by atoms with Gasteiger partial charge in [0.25, 0.3) is 0 Å². The first kappa shape index (κ1) is 24.3. The van der Waals surface area contributed by atoms with Crippen LogP contribution in [-0.4, -0.2) is 46.8 Å². The van der Waals surface area contributed by atoms with Crippen molar-refractivity contribution < 1.29 is 28.3 Å². The smallest absolute Gasteiger partial charge is 0.178 e. The van der Waals surface area contributed by atoms with Gasteiger partial charge in [0.2, 0.25) is 0 Å². The summed E-state index contributed by atoms with van der Waals surface area (Å²) in [5, 5.41) is 13.7. The highest BCUT2D eigenvalue weighted by Crippen LogP contribution is 2.72. The molecule has 1 aromatic rings. The van der Waals surface area contributed by atoms with Crippen LogP contribution in [0.5, 0.6) is 0 Å². The van der Waals surface area contributed by atoms with Gasteiger partial charge in [-0.3, -0.25) is 19.5 Å². The molecule has 1 aliphatic heterocycles. The topological polar surface area (TPSA) is 66.8 Å². The van der Waals surface area contributed by atoms with Crippen LogP contribution in [0.15, 0.2) is 48.1 Å². The quantitative estimate of drug-likeness (QED) is 0.613. The average molecular weight is 517 g/mol. The van der Waals surface area contributed by atoms with Crippen molar-refractivity contribution >= 4 is 28.9 Å². The third-order valence-corrected chi connectivity index (χ3v) is 10.4. The number of aliphatic hydroxyl groups excluding tert-OH is 1. The Kier molecular flexibility index (Phi) is 5.04. The molecule has 9 atom stereocenters. The number of carbonyl (C=O) groups is 2. The Balaban J connectivity index is 1.43. The van der Waals surface area contributed by atoms with Crippen molar-refractivity contribution in [1.82, 2.24) is 0 Å². The van der Waals surface area contributed by atoms with Crippen LogP contribution < -0.4 is 5.06 Å². The maximum atomic E-state index is 17.3. The first-order valence-electron chi connectivity index (χ1n) is 12.4. The van der Waals surface area contributed by atoms with Gasteiger partial charge >= 0.3 is 0 Å². The molecule has 191 valence electrons. The number of alkyl halides is 2. The van der Waals surface area contributed by atoms with Crippen LogP contribution in [0, 0.1) is 35.5 Å². The monoisotopic (exact) mass is 516 g/mol. The van der Waals surface area contributed by atoms with E-state index in [1.165, 1.54) is 18.2 Å². The zero-order chi connectivity index (χ0) is 25.8. The Morgan fingerprint density at radius 3 is 2.58 bits per heavy atom. The number of hydrogen-bond donors (Lipinski definition) is 1. The molecule has 4 fully saturated rings. The highest BCUT2D eigenvalue weighted by atomic mass is 35.5. The summed E-state index contributed by atoms with van der Waals surface area (Å²) in [6.45, 7) is 7.57. The fourth-order valence-corrected chi connectivity index (χ4v) is 8.64.